The molecule has 1 fully saturated rings. The van der Waals surface area contributed by atoms with E-state index in [0.29, 0.717) is 6.04 Å². The van der Waals surface area contributed by atoms with Gasteiger partial charge in [-0.2, -0.15) is 0 Å². The number of alkyl halides is 1. The molecule has 2 aliphatic rings. The van der Waals surface area contributed by atoms with Crippen LogP contribution in [0.15, 0.2) is 24.3 Å². The lowest BCUT2D eigenvalue weighted by molar-refractivity contribution is 0.512. The number of fused-ring (bicyclic) bond motifs is 1. The molecule has 0 spiro atoms. The summed E-state index contributed by atoms with van der Waals surface area (Å²) < 4.78 is 0. The summed E-state index contributed by atoms with van der Waals surface area (Å²) in [6, 6.07) is 9.01. The number of rotatable bonds is 4. The van der Waals surface area contributed by atoms with E-state index in [1.165, 1.54) is 30.4 Å². The summed E-state index contributed by atoms with van der Waals surface area (Å²) in [5, 5.41) is 3.86. The van der Waals surface area contributed by atoms with Gasteiger partial charge in [0.1, 0.15) is 0 Å². The van der Waals surface area contributed by atoms with Crippen molar-refractivity contribution in [3.05, 3.63) is 35.4 Å². The van der Waals surface area contributed by atoms with Gasteiger partial charge in [0.05, 0.1) is 5.38 Å². The summed E-state index contributed by atoms with van der Waals surface area (Å²) in [4.78, 5) is 0. The highest BCUT2D eigenvalue weighted by atomic mass is 35.5. The summed E-state index contributed by atoms with van der Waals surface area (Å²) in [7, 11) is 0. The lowest BCUT2D eigenvalue weighted by atomic mass is 10.1. The molecule has 3 rings (SSSR count). The molecule has 0 saturated heterocycles. The van der Waals surface area contributed by atoms with E-state index in [2.05, 4.69) is 29.6 Å². The molecule has 0 radical (unpaired) electrons. The molecular formula is C14H18ClN. The van der Waals surface area contributed by atoms with E-state index >= 15 is 0 Å². The van der Waals surface area contributed by atoms with Crippen molar-refractivity contribution in [1.82, 2.24) is 5.32 Å². The Morgan fingerprint density at radius 1 is 1.25 bits per heavy atom. The molecule has 86 valence electrons. The van der Waals surface area contributed by atoms with Crippen LogP contribution in [0.25, 0.3) is 0 Å². The van der Waals surface area contributed by atoms with Crippen molar-refractivity contribution in [2.45, 2.75) is 37.1 Å². The van der Waals surface area contributed by atoms with Crippen LogP contribution < -0.4 is 5.32 Å². The van der Waals surface area contributed by atoms with E-state index < -0.39 is 0 Å². The van der Waals surface area contributed by atoms with Gasteiger partial charge in [-0.05, 0) is 36.4 Å². The predicted octanol–water partition coefficient (Wildman–Crippen LogP) is 3.28. The van der Waals surface area contributed by atoms with Crippen molar-refractivity contribution < 1.29 is 0 Å². The van der Waals surface area contributed by atoms with E-state index in [9.17, 15) is 0 Å². The minimum absolute atomic E-state index is 0.233. The second-order valence-electron chi connectivity index (χ2n) is 5.08. The van der Waals surface area contributed by atoms with E-state index in [4.69, 9.17) is 11.6 Å². The number of hydrogen-bond donors (Lipinski definition) is 1. The molecule has 16 heavy (non-hydrogen) atoms. The maximum absolute atomic E-state index is 6.41. The smallest absolute Gasteiger partial charge is 0.0571 e. The van der Waals surface area contributed by atoms with Crippen molar-refractivity contribution in [3.8, 4) is 0 Å². The first-order valence-corrected chi connectivity index (χ1v) is 6.73. The van der Waals surface area contributed by atoms with Crippen molar-refractivity contribution in [1.29, 1.82) is 0 Å². The third kappa shape index (κ3) is 2.11. The number of halogens is 1. The van der Waals surface area contributed by atoms with Crippen LogP contribution in [0.5, 0.6) is 0 Å². The van der Waals surface area contributed by atoms with Gasteiger partial charge < -0.3 is 5.32 Å². The second kappa shape index (κ2) is 4.38. The number of nitrogens with one attached hydrogen (secondary N) is 1. The Kier molecular flexibility index (Phi) is 2.91. The molecule has 1 aromatic carbocycles. The fourth-order valence-corrected chi connectivity index (χ4v) is 3.02. The van der Waals surface area contributed by atoms with Crippen LogP contribution in [0.3, 0.4) is 0 Å². The van der Waals surface area contributed by atoms with Gasteiger partial charge in [0.15, 0.2) is 0 Å². The largest absolute Gasteiger partial charge is 0.309 e. The van der Waals surface area contributed by atoms with Gasteiger partial charge in [-0.3, -0.25) is 0 Å². The molecule has 0 aliphatic heterocycles. The quantitative estimate of drug-likeness (QED) is 0.790. The first-order chi connectivity index (χ1) is 7.84. The molecule has 2 atom stereocenters. The zero-order valence-corrected chi connectivity index (χ0v) is 10.2. The third-order valence-corrected chi connectivity index (χ3v) is 4.19. The number of benzene rings is 1. The second-order valence-corrected chi connectivity index (χ2v) is 5.64. The molecule has 0 amide bonds. The molecule has 1 aromatic rings. The van der Waals surface area contributed by atoms with Gasteiger partial charge in [-0.15, -0.1) is 11.6 Å². The van der Waals surface area contributed by atoms with Crippen LogP contribution in [0.4, 0.5) is 0 Å². The third-order valence-electron chi connectivity index (χ3n) is 3.78. The fourth-order valence-electron chi connectivity index (χ4n) is 2.63. The van der Waals surface area contributed by atoms with Crippen LogP contribution in [-0.2, 0) is 6.42 Å². The summed E-state index contributed by atoms with van der Waals surface area (Å²) in [6.45, 7) is 1.12. The first-order valence-electron chi connectivity index (χ1n) is 6.30. The average molecular weight is 236 g/mol. The Bertz CT molecular complexity index is 373. The zero-order valence-electron chi connectivity index (χ0n) is 9.45. The van der Waals surface area contributed by atoms with E-state index in [1.54, 1.807) is 0 Å². The molecule has 0 aromatic heterocycles. The highest BCUT2D eigenvalue weighted by molar-refractivity contribution is 6.21. The molecule has 1 N–H and O–H groups in total. The fraction of sp³-hybridized carbons (Fsp3) is 0.571. The standard InChI is InChI=1S/C14H18ClN/c15-13-9-11-3-1-2-4-12(11)14(13)16-8-7-10-5-6-10/h1-4,10,13-14,16H,5-9H2. The van der Waals surface area contributed by atoms with Crippen molar-refractivity contribution in [2.75, 3.05) is 6.54 Å². The van der Waals surface area contributed by atoms with Crippen LogP contribution in [0.1, 0.15) is 36.4 Å². The highest BCUT2D eigenvalue weighted by Gasteiger charge is 2.30. The summed E-state index contributed by atoms with van der Waals surface area (Å²) in [5.41, 5.74) is 2.84. The minimum Gasteiger partial charge on any atom is -0.309 e. The molecule has 1 saturated carbocycles. The topological polar surface area (TPSA) is 12.0 Å². The highest BCUT2D eigenvalue weighted by Crippen LogP contribution is 2.36. The van der Waals surface area contributed by atoms with Crippen LogP contribution in [-0.4, -0.2) is 11.9 Å². The molecule has 0 heterocycles. The molecule has 1 nitrogen and oxygen atoms in total. The molecular weight excluding hydrogens is 218 g/mol. The monoisotopic (exact) mass is 235 g/mol. The Labute approximate surface area is 102 Å². The molecule has 2 aliphatic carbocycles. The minimum atomic E-state index is 0.233. The van der Waals surface area contributed by atoms with Gasteiger partial charge >= 0.3 is 0 Å². The molecule has 2 heteroatoms. The van der Waals surface area contributed by atoms with Crippen LogP contribution >= 0.6 is 11.6 Å². The predicted molar refractivity (Wildman–Crippen MR) is 67.9 cm³/mol. The van der Waals surface area contributed by atoms with E-state index in [1.807, 2.05) is 0 Å². The molecule has 0 bridgehead atoms. The van der Waals surface area contributed by atoms with Crippen LogP contribution in [0.2, 0.25) is 0 Å². The number of hydrogen-bond acceptors (Lipinski definition) is 1. The normalized spacial score (nSPS) is 28.1. The van der Waals surface area contributed by atoms with Crippen molar-refractivity contribution in [3.63, 3.8) is 0 Å². The maximum atomic E-state index is 6.41. The van der Waals surface area contributed by atoms with Gasteiger partial charge in [-0.25, -0.2) is 0 Å². The maximum Gasteiger partial charge on any atom is 0.0571 e. The van der Waals surface area contributed by atoms with Gasteiger partial charge in [0.2, 0.25) is 0 Å². The molecule has 2 unspecified atom stereocenters. The van der Waals surface area contributed by atoms with Crippen molar-refractivity contribution >= 4 is 11.6 Å². The van der Waals surface area contributed by atoms with Gasteiger partial charge in [0, 0.05) is 6.04 Å². The van der Waals surface area contributed by atoms with Gasteiger partial charge in [0.25, 0.3) is 0 Å². The van der Waals surface area contributed by atoms with E-state index in [0.717, 1.165) is 18.9 Å². The Hall–Kier alpha value is -0.530. The average Bonchev–Trinajstić information content (AvgIpc) is 3.04. The van der Waals surface area contributed by atoms with Gasteiger partial charge in [-0.1, -0.05) is 37.1 Å². The zero-order chi connectivity index (χ0) is 11.0. The summed E-state index contributed by atoms with van der Waals surface area (Å²) in [6.07, 6.45) is 5.21. The summed E-state index contributed by atoms with van der Waals surface area (Å²) in [5.74, 6) is 0.998. The Morgan fingerprint density at radius 2 is 2.06 bits per heavy atom. The lowest BCUT2D eigenvalue weighted by Gasteiger charge is -2.17. The van der Waals surface area contributed by atoms with Crippen molar-refractivity contribution in [2.24, 2.45) is 5.92 Å². The van der Waals surface area contributed by atoms with Crippen LogP contribution in [0, 0.1) is 5.92 Å². The van der Waals surface area contributed by atoms with E-state index in [-0.39, 0.29) is 5.38 Å². The summed E-state index contributed by atoms with van der Waals surface area (Å²) >= 11 is 6.41. The lowest BCUT2D eigenvalue weighted by Crippen LogP contribution is -2.26. The SMILES string of the molecule is ClC1Cc2ccccc2C1NCCC1CC1. The Morgan fingerprint density at radius 3 is 2.88 bits per heavy atom. The Balaban J connectivity index is 1.64. The first kappa shape index (κ1) is 10.6.